The molecule has 0 aliphatic rings. The molecule has 1 rings (SSSR count). The summed E-state index contributed by atoms with van der Waals surface area (Å²) in [5.74, 6) is 0. The lowest BCUT2D eigenvalue weighted by Crippen LogP contribution is -2.55. The van der Waals surface area contributed by atoms with E-state index in [2.05, 4.69) is 34.4 Å². The molecule has 1 atom stereocenters. The summed E-state index contributed by atoms with van der Waals surface area (Å²) in [7, 11) is 0. The van der Waals surface area contributed by atoms with Crippen LogP contribution in [0.3, 0.4) is 0 Å². The van der Waals surface area contributed by atoms with Crippen LogP contribution in [0.5, 0.6) is 0 Å². The van der Waals surface area contributed by atoms with E-state index in [1.54, 1.807) is 18.6 Å². The summed E-state index contributed by atoms with van der Waals surface area (Å²) in [5.41, 5.74) is 0.0297. The van der Waals surface area contributed by atoms with Gasteiger partial charge in [0, 0.05) is 31.2 Å². The van der Waals surface area contributed by atoms with E-state index in [1.165, 1.54) is 0 Å². The smallest absolute Gasteiger partial charge is 0.408 e. The van der Waals surface area contributed by atoms with Gasteiger partial charge in [0.15, 0.2) is 0 Å². The number of nitrogens with one attached hydrogen (secondary N) is 2. The van der Waals surface area contributed by atoms with Crippen LogP contribution in [-0.2, 0) is 4.74 Å². The largest absolute Gasteiger partial charge is 0.444 e. The topological polar surface area (TPSA) is 76.1 Å². The van der Waals surface area contributed by atoms with Crippen molar-refractivity contribution in [3.63, 3.8) is 0 Å². The number of alkyl carbamates (subject to hydrolysis) is 1. The highest BCUT2D eigenvalue weighted by Crippen LogP contribution is 2.18. The molecule has 1 heterocycles. The molecule has 130 valence electrons. The van der Waals surface area contributed by atoms with Gasteiger partial charge in [-0.15, -0.1) is 0 Å². The molecule has 0 fully saturated rings. The summed E-state index contributed by atoms with van der Waals surface area (Å²) in [5, 5.41) is 6.47. The van der Waals surface area contributed by atoms with Crippen molar-refractivity contribution in [3.05, 3.63) is 24.3 Å². The van der Waals surface area contributed by atoms with Crippen molar-refractivity contribution in [2.75, 3.05) is 6.54 Å². The van der Waals surface area contributed by atoms with Crippen molar-refractivity contribution in [1.82, 2.24) is 20.6 Å². The van der Waals surface area contributed by atoms with Crippen molar-refractivity contribution in [2.24, 2.45) is 0 Å². The number of hydrogen-bond acceptors (Lipinski definition) is 5. The van der Waals surface area contributed by atoms with Gasteiger partial charge in [-0.3, -0.25) is 9.97 Å². The normalized spacial score (nSPS) is 13.5. The molecule has 0 aliphatic carbocycles. The minimum absolute atomic E-state index is 0.0570. The standard InChI is InChI=1S/C17H30N4O2/c1-7-17(8-2,21-15(22)23-16(4,5)6)12-20-13(3)14-11-18-9-10-19-14/h9-11,13,20H,7-8,12H2,1-6H3,(H,21,22). The molecule has 6 nitrogen and oxygen atoms in total. The minimum Gasteiger partial charge on any atom is -0.444 e. The van der Waals surface area contributed by atoms with Gasteiger partial charge in [-0.25, -0.2) is 4.79 Å². The average Bonchev–Trinajstić information content (AvgIpc) is 2.50. The molecule has 0 spiro atoms. The van der Waals surface area contributed by atoms with E-state index in [9.17, 15) is 4.79 Å². The molecule has 0 saturated heterocycles. The lowest BCUT2D eigenvalue weighted by atomic mass is 9.92. The number of aromatic nitrogens is 2. The molecule has 0 radical (unpaired) electrons. The van der Waals surface area contributed by atoms with Gasteiger partial charge in [0.2, 0.25) is 0 Å². The number of ether oxygens (including phenoxy) is 1. The predicted molar refractivity (Wildman–Crippen MR) is 91.1 cm³/mol. The Kier molecular flexibility index (Phi) is 6.94. The maximum atomic E-state index is 12.1. The summed E-state index contributed by atoms with van der Waals surface area (Å²) < 4.78 is 5.39. The Labute approximate surface area is 139 Å². The van der Waals surface area contributed by atoms with Crippen LogP contribution >= 0.6 is 0 Å². The lowest BCUT2D eigenvalue weighted by molar-refractivity contribution is 0.0444. The first-order valence-electron chi connectivity index (χ1n) is 8.22. The highest BCUT2D eigenvalue weighted by molar-refractivity contribution is 5.68. The molecule has 0 saturated carbocycles. The Morgan fingerprint density at radius 1 is 1.26 bits per heavy atom. The first kappa shape index (κ1) is 19.4. The van der Waals surface area contributed by atoms with Gasteiger partial charge in [0.25, 0.3) is 0 Å². The van der Waals surface area contributed by atoms with E-state index in [0.717, 1.165) is 18.5 Å². The summed E-state index contributed by atoms with van der Waals surface area (Å²) in [6, 6.07) is 0.0570. The zero-order valence-corrected chi connectivity index (χ0v) is 15.1. The first-order chi connectivity index (χ1) is 10.7. The molecule has 0 bridgehead atoms. The van der Waals surface area contributed by atoms with Gasteiger partial charge in [0.1, 0.15) is 5.60 Å². The Morgan fingerprint density at radius 2 is 1.91 bits per heavy atom. The summed E-state index contributed by atoms with van der Waals surface area (Å²) in [6.45, 7) is 12.4. The Morgan fingerprint density at radius 3 is 2.39 bits per heavy atom. The second kappa shape index (κ2) is 8.24. The predicted octanol–water partition coefficient (Wildman–Crippen LogP) is 3.21. The lowest BCUT2D eigenvalue weighted by Gasteiger charge is -2.35. The van der Waals surface area contributed by atoms with Gasteiger partial charge < -0.3 is 15.4 Å². The van der Waals surface area contributed by atoms with Gasteiger partial charge in [-0.1, -0.05) is 13.8 Å². The van der Waals surface area contributed by atoms with Crippen molar-refractivity contribution >= 4 is 6.09 Å². The second-order valence-electron chi connectivity index (χ2n) is 6.85. The molecule has 1 unspecified atom stereocenters. The fraction of sp³-hybridized carbons (Fsp3) is 0.706. The van der Waals surface area contributed by atoms with E-state index in [-0.39, 0.29) is 17.7 Å². The number of hydrogen-bond donors (Lipinski definition) is 2. The third-order valence-electron chi connectivity index (χ3n) is 3.89. The highest BCUT2D eigenvalue weighted by atomic mass is 16.6. The Balaban J connectivity index is 2.68. The molecule has 0 aromatic carbocycles. The zero-order valence-electron chi connectivity index (χ0n) is 15.1. The van der Waals surface area contributed by atoms with Crippen LogP contribution < -0.4 is 10.6 Å². The molecule has 23 heavy (non-hydrogen) atoms. The molecule has 0 aliphatic heterocycles. The van der Waals surface area contributed by atoms with Crippen molar-refractivity contribution in [1.29, 1.82) is 0 Å². The maximum absolute atomic E-state index is 12.1. The monoisotopic (exact) mass is 322 g/mol. The third kappa shape index (κ3) is 6.52. The minimum atomic E-state index is -0.502. The van der Waals surface area contributed by atoms with Crippen molar-refractivity contribution < 1.29 is 9.53 Å². The average molecular weight is 322 g/mol. The molecule has 1 aromatic rings. The summed E-state index contributed by atoms with van der Waals surface area (Å²) in [6.07, 6.45) is 6.32. The first-order valence-corrected chi connectivity index (χ1v) is 8.22. The number of carbonyl (C=O) groups is 1. The van der Waals surface area contributed by atoms with Crippen LogP contribution in [0.15, 0.2) is 18.6 Å². The fourth-order valence-corrected chi connectivity index (χ4v) is 2.23. The van der Waals surface area contributed by atoms with E-state index < -0.39 is 5.60 Å². The summed E-state index contributed by atoms with van der Waals surface area (Å²) >= 11 is 0. The van der Waals surface area contributed by atoms with Crippen molar-refractivity contribution in [3.8, 4) is 0 Å². The van der Waals surface area contributed by atoms with Crippen LogP contribution in [0.1, 0.15) is 66.1 Å². The van der Waals surface area contributed by atoms with Crippen LogP contribution in [-0.4, -0.2) is 33.7 Å². The molecule has 1 amide bonds. The fourth-order valence-electron chi connectivity index (χ4n) is 2.23. The van der Waals surface area contributed by atoms with E-state index >= 15 is 0 Å². The Bertz CT molecular complexity index is 481. The zero-order chi connectivity index (χ0) is 17.5. The molecule has 1 aromatic heterocycles. The molecule has 2 N–H and O–H groups in total. The number of carbonyl (C=O) groups excluding carboxylic acids is 1. The number of nitrogens with zero attached hydrogens (tertiary/aromatic N) is 2. The van der Waals surface area contributed by atoms with Gasteiger partial charge >= 0.3 is 6.09 Å². The van der Waals surface area contributed by atoms with E-state index in [0.29, 0.717) is 6.54 Å². The van der Waals surface area contributed by atoms with E-state index in [4.69, 9.17) is 4.74 Å². The van der Waals surface area contributed by atoms with Crippen LogP contribution in [0.25, 0.3) is 0 Å². The van der Waals surface area contributed by atoms with Crippen LogP contribution in [0, 0.1) is 0 Å². The summed E-state index contributed by atoms with van der Waals surface area (Å²) in [4.78, 5) is 20.5. The highest BCUT2D eigenvalue weighted by Gasteiger charge is 2.30. The number of rotatable bonds is 7. The Hall–Kier alpha value is -1.69. The van der Waals surface area contributed by atoms with E-state index in [1.807, 2.05) is 27.7 Å². The van der Waals surface area contributed by atoms with Crippen LogP contribution in [0.4, 0.5) is 4.79 Å². The maximum Gasteiger partial charge on any atom is 0.408 e. The van der Waals surface area contributed by atoms with Crippen LogP contribution in [0.2, 0.25) is 0 Å². The van der Waals surface area contributed by atoms with Crippen molar-refractivity contribution in [2.45, 2.75) is 71.6 Å². The van der Waals surface area contributed by atoms with Gasteiger partial charge in [-0.05, 0) is 40.5 Å². The SMILES string of the molecule is CCC(CC)(CNC(C)c1cnccn1)NC(=O)OC(C)(C)C. The number of amides is 1. The molecule has 6 heteroatoms. The molecular formula is C17H30N4O2. The second-order valence-corrected chi connectivity index (χ2v) is 6.85. The quantitative estimate of drug-likeness (QED) is 0.806. The molecular weight excluding hydrogens is 292 g/mol. The van der Waals surface area contributed by atoms with Gasteiger partial charge in [0.05, 0.1) is 11.2 Å². The van der Waals surface area contributed by atoms with Gasteiger partial charge in [-0.2, -0.15) is 0 Å². The third-order valence-corrected chi connectivity index (χ3v) is 3.89.